The molecule has 0 saturated heterocycles. The Morgan fingerprint density at radius 1 is 1.38 bits per heavy atom. The number of anilines is 1. The molecule has 7 nitrogen and oxygen atoms in total. The van der Waals surface area contributed by atoms with E-state index in [2.05, 4.69) is 21.8 Å². The molecule has 0 aliphatic carbocycles. The lowest BCUT2D eigenvalue weighted by Crippen LogP contribution is -2.41. The standard InChI is InChI=1S/C19H24N4O3/c1-14(12-22-10-8-20-15(22)2)11-21-18(24)7-9-23-16-5-3-4-6-17(16)26-13-19(23)25/h3-6,8,10,14H,7,9,11-13H2,1-2H3,(H,21,24). The third-order valence-corrected chi connectivity index (χ3v) is 4.45. The first kappa shape index (κ1) is 18.0. The van der Waals surface area contributed by atoms with Gasteiger partial charge in [-0.15, -0.1) is 0 Å². The van der Waals surface area contributed by atoms with E-state index in [1.165, 1.54) is 0 Å². The van der Waals surface area contributed by atoms with Gasteiger partial charge in [-0.2, -0.15) is 0 Å². The van der Waals surface area contributed by atoms with Crippen LogP contribution in [0.25, 0.3) is 0 Å². The van der Waals surface area contributed by atoms with Crippen LogP contribution in [0.5, 0.6) is 5.75 Å². The maximum absolute atomic E-state index is 12.2. The number of carbonyl (C=O) groups excluding carboxylic acids is 2. The summed E-state index contributed by atoms with van der Waals surface area (Å²) < 4.78 is 7.48. The molecule has 26 heavy (non-hydrogen) atoms. The number of ether oxygens (including phenoxy) is 1. The molecule has 1 atom stereocenters. The van der Waals surface area contributed by atoms with E-state index < -0.39 is 0 Å². The van der Waals surface area contributed by atoms with Crippen LogP contribution in [0.4, 0.5) is 5.69 Å². The number of nitrogens with zero attached hydrogens (tertiary/aromatic N) is 3. The number of carbonyl (C=O) groups is 2. The van der Waals surface area contributed by atoms with Gasteiger partial charge in [0.15, 0.2) is 6.61 Å². The average molecular weight is 356 g/mol. The molecule has 7 heteroatoms. The maximum atomic E-state index is 12.2. The first-order valence-electron chi connectivity index (χ1n) is 8.81. The van der Waals surface area contributed by atoms with Gasteiger partial charge in [0.1, 0.15) is 11.6 Å². The molecule has 0 radical (unpaired) electrons. The average Bonchev–Trinajstić information content (AvgIpc) is 3.03. The van der Waals surface area contributed by atoms with Gasteiger partial charge in [-0.05, 0) is 25.0 Å². The fourth-order valence-corrected chi connectivity index (χ4v) is 2.99. The predicted octanol–water partition coefficient (Wildman–Crippen LogP) is 1.76. The number of benzene rings is 1. The fraction of sp³-hybridized carbons (Fsp3) is 0.421. The highest BCUT2D eigenvalue weighted by atomic mass is 16.5. The number of aromatic nitrogens is 2. The molecule has 0 bridgehead atoms. The van der Waals surface area contributed by atoms with Crippen molar-refractivity contribution in [2.75, 3.05) is 24.6 Å². The lowest BCUT2D eigenvalue weighted by Gasteiger charge is -2.29. The van der Waals surface area contributed by atoms with Crippen molar-refractivity contribution < 1.29 is 14.3 Å². The van der Waals surface area contributed by atoms with Crippen LogP contribution in [0.15, 0.2) is 36.7 Å². The highest BCUT2D eigenvalue weighted by Gasteiger charge is 2.25. The van der Waals surface area contributed by atoms with Crippen molar-refractivity contribution in [2.24, 2.45) is 5.92 Å². The van der Waals surface area contributed by atoms with Crippen molar-refractivity contribution in [3.63, 3.8) is 0 Å². The van der Waals surface area contributed by atoms with E-state index in [0.717, 1.165) is 18.1 Å². The number of aryl methyl sites for hydroxylation is 1. The van der Waals surface area contributed by atoms with E-state index >= 15 is 0 Å². The first-order chi connectivity index (χ1) is 12.5. The molecule has 1 aliphatic heterocycles. The van der Waals surface area contributed by atoms with Gasteiger partial charge in [-0.25, -0.2) is 4.98 Å². The van der Waals surface area contributed by atoms with Gasteiger partial charge in [0.2, 0.25) is 5.91 Å². The zero-order valence-corrected chi connectivity index (χ0v) is 15.1. The Morgan fingerprint density at radius 3 is 2.96 bits per heavy atom. The lowest BCUT2D eigenvalue weighted by molar-refractivity contribution is -0.122. The number of imidazole rings is 1. The minimum absolute atomic E-state index is 0.0138. The molecule has 1 N–H and O–H groups in total. The van der Waals surface area contributed by atoms with Crippen molar-refractivity contribution >= 4 is 17.5 Å². The van der Waals surface area contributed by atoms with Crippen molar-refractivity contribution in [1.82, 2.24) is 14.9 Å². The summed E-state index contributed by atoms with van der Waals surface area (Å²) in [6, 6.07) is 7.38. The molecule has 3 rings (SSSR count). The third kappa shape index (κ3) is 4.22. The zero-order valence-electron chi connectivity index (χ0n) is 15.1. The predicted molar refractivity (Wildman–Crippen MR) is 98.0 cm³/mol. The second-order valence-electron chi connectivity index (χ2n) is 6.59. The van der Waals surface area contributed by atoms with Crippen molar-refractivity contribution in [3.05, 3.63) is 42.5 Å². The van der Waals surface area contributed by atoms with E-state index in [-0.39, 0.29) is 30.8 Å². The summed E-state index contributed by atoms with van der Waals surface area (Å²) in [6.45, 7) is 5.80. The fourth-order valence-electron chi connectivity index (χ4n) is 2.99. The molecule has 1 unspecified atom stereocenters. The molecule has 0 fully saturated rings. The van der Waals surface area contributed by atoms with Crippen LogP contribution in [-0.2, 0) is 16.1 Å². The number of rotatable bonds is 7. The SMILES string of the molecule is Cc1nccn1CC(C)CNC(=O)CCN1C(=O)COc2ccccc21. The van der Waals surface area contributed by atoms with Gasteiger partial charge in [0.05, 0.1) is 5.69 Å². The second kappa shape index (κ2) is 8.03. The van der Waals surface area contributed by atoms with E-state index in [4.69, 9.17) is 4.74 Å². The Balaban J connectivity index is 1.47. The molecule has 0 spiro atoms. The van der Waals surface area contributed by atoms with E-state index in [0.29, 0.717) is 18.8 Å². The van der Waals surface area contributed by atoms with Crippen molar-refractivity contribution in [1.29, 1.82) is 0 Å². The van der Waals surface area contributed by atoms with Gasteiger partial charge < -0.3 is 19.5 Å². The minimum Gasteiger partial charge on any atom is -0.482 e. The summed E-state index contributed by atoms with van der Waals surface area (Å²) in [6.07, 6.45) is 3.98. The van der Waals surface area contributed by atoms with Crippen LogP contribution >= 0.6 is 0 Å². The van der Waals surface area contributed by atoms with E-state index in [1.54, 1.807) is 11.1 Å². The highest BCUT2D eigenvalue weighted by Crippen LogP contribution is 2.31. The van der Waals surface area contributed by atoms with Gasteiger partial charge in [0.25, 0.3) is 5.91 Å². The largest absolute Gasteiger partial charge is 0.482 e. The minimum atomic E-state index is -0.125. The van der Waals surface area contributed by atoms with Crippen molar-refractivity contribution in [2.45, 2.75) is 26.8 Å². The monoisotopic (exact) mass is 356 g/mol. The summed E-state index contributed by atoms with van der Waals surface area (Å²) in [5.41, 5.74) is 0.723. The van der Waals surface area contributed by atoms with E-state index in [1.807, 2.05) is 37.4 Å². The quantitative estimate of drug-likeness (QED) is 0.820. The number of para-hydroxylation sites is 2. The molecule has 0 saturated carbocycles. The summed E-state index contributed by atoms with van der Waals surface area (Å²) >= 11 is 0. The molecule has 1 aromatic heterocycles. The Bertz CT molecular complexity index is 787. The Labute approximate surface area is 153 Å². The molecule has 2 aromatic rings. The smallest absolute Gasteiger partial charge is 0.265 e. The molecular formula is C19H24N4O3. The Morgan fingerprint density at radius 2 is 2.19 bits per heavy atom. The van der Waals surface area contributed by atoms with Crippen LogP contribution in [-0.4, -0.2) is 41.1 Å². The number of nitrogens with one attached hydrogen (secondary N) is 1. The third-order valence-electron chi connectivity index (χ3n) is 4.45. The maximum Gasteiger partial charge on any atom is 0.265 e. The summed E-state index contributed by atoms with van der Waals surface area (Å²) in [4.78, 5) is 30.1. The van der Waals surface area contributed by atoms with E-state index in [9.17, 15) is 9.59 Å². The molecule has 1 aromatic carbocycles. The first-order valence-corrected chi connectivity index (χ1v) is 8.81. The normalized spacial score (nSPS) is 14.5. The van der Waals surface area contributed by atoms with Gasteiger partial charge >= 0.3 is 0 Å². The van der Waals surface area contributed by atoms with Crippen LogP contribution < -0.4 is 15.0 Å². The zero-order chi connectivity index (χ0) is 18.5. The van der Waals surface area contributed by atoms with Crippen LogP contribution in [0, 0.1) is 12.8 Å². The molecule has 2 amide bonds. The Kier molecular flexibility index (Phi) is 5.55. The van der Waals surface area contributed by atoms with Gasteiger partial charge in [0, 0.05) is 38.4 Å². The summed E-state index contributed by atoms with van der Waals surface area (Å²) in [7, 11) is 0. The van der Waals surface area contributed by atoms with Gasteiger partial charge in [-0.3, -0.25) is 9.59 Å². The van der Waals surface area contributed by atoms with Crippen LogP contribution in [0.1, 0.15) is 19.2 Å². The molecule has 1 aliphatic rings. The number of hydrogen-bond donors (Lipinski definition) is 1. The number of amides is 2. The lowest BCUT2D eigenvalue weighted by atomic mass is 10.1. The second-order valence-corrected chi connectivity index (χ2v) is 6.59. The molecule has 138 valence electrons. The van der Waals surface area contributed by atoms with Crippen LogP contribution in [0.2, 0.25) is 0 Å². The molecular weight excluding hydrogens is 332 g/mol. The number of hydrogen-bond acceptors (Lipinski definition) is 4. The highest BCUT2D eigenvalue weighted by molar-refractivity contribution is 5.98. The summed E-state index contributed by atoms with van der Waals surface area (Å²) in [5, 5.41) is 2.95. The Hall–Kier alpha value is -2.83. The van der Waals surface area contributed by atoms with Crippen LogP contribution in [0.3, 0.4) is 0 Å². The van der Waals surface area contributed by atoms with Gasteiger partial charge in [-0.1, -0.05) is 19.1 Å². The number of fused-ring (bicyclic) bond motifs is 1. The summed E-state index contributed by atoms with van der Waals surface area (Å²) in [5.74, 6) is 1.75. The molecule has 2 heterocycles. The van der Waals surface area contributed by atoms with Crippen molar-refractivity contribution in [3.8, 4) is 5.75 Å². The topological polar surface area (TPSA) is 76.5 Å².